The molecule has 4 rings (SSSR count). The van der Waals surface area contributed by atoms with Crippen LogP contribution in [0.2, 0.25) is 0 Å². The second-order valence-electron chi connectivity index (χ2n) is 7.00. The summed E-state index contributed by atoms with van der Waals surface area (Å²) in [5.41, 5.74) is 4.77. The lowest BCUT2D eigenvalue weighted by molar-refractivity contribution is -0.134. The van der Waals surface area contributed by atoms with Gasteiger partial charge in [0.1, 0.15) is 5.75 Å². The molecule has 1 aliphatic rings. The zero-order chi connectivity index (χ0) is 19.7. The summed E-state index contributed by atoms with van der Waals surface area (Å²) in [4.78, 5) is 29.7. The molecule has 0 bridgehead atoms. The zero-order valence-corrected chi connectivity index (χ0v) is 16.0. The van der Waals surface area contributed by atoms with Gasteiger partial charge in [0.05, 0.1) is 12.7 Å². The number of hydrogen-bond donors (Lipinski definition) is 1. The van der Waals surface area contributed by atoms with Crippen LogP contribution in [0.4, 0.5) is 0 Å². The standard InChI is InChI=1S/C22H22N2O4/c1-14-3-6-16(7-4-14)28-13-21(25)24-10-9-20-18(12-24)17-11-15(22(26)27-2)5-8-19(17)23-20/h3-8,11,23H,9-10,12-13H2,1-2H3. The molecule has 28 heavy (non-hydrogen) atoms. The maximum Gasteiger partial charge on any atom is 0.337 e. The molecule has 144 valence electrons. The van der Waals surface area contributed by atoms with Gasteiger partial charge in [-0.15, -0.1) is 0 Å². The van der Waals surface area contributed by atoms with Crippen LogP contribution in [0.5, 0.6) is 5.75 Å². The number of methoxy groups -OCH3 is 1. The summed E-state index contributed by atoms with van der Waals surface area (Å²) >= 11 is 0. The van der Waals surface area contributed by atoms with E-state index < -0.39 is 0 Å². The SMILES string of the molecule is COC(=O)c1ccc2[nH]c3c(c2c1)CN(C(=O)COc1ccc(C)cc1)CC3. The Kier molecular flexibility index (Phi) is 4.77. The maximum absolute atomic E-state index is 12.6. The van der Waals surface area contributed by atoms with Crippen LogP contribution in [0.25, 0.3) is 10.9 Å². The number of esters is 1. The van der Waals surface area contributed by atoms with Gasteiger partial charge in [0.2, 0.25) is 0 Å². The molecule has 0 saturated heterocycles. The average molecular weight is 378 g/mol. The minimum absolute atomic E-state index is 0.00810. The van der Waals surface area contributed by atoms with E-state index in [9.17, 15) is 9.59 Å². The second-order valence-corrected chi connectivity index (χ2v) is 7.00. The van der Waals surface area contributed by atoms with Gasteiger partial charge in [0.15, 0.2) is 6.61 Å². The Bertz CT molecular complexity index is 1040. The lowest BCUT2D eigenvalue weighted by Crippen LogP contribution is -2.38. The molecule has 0 unspecified atom stereocenters. The number of fused-ring (bicyclic) bond motifs is 3. The highest BCUT2D eigenvalue weighted by atomic mass is 16.5. The fraction of sp³-hybridized carbons (Fsp3) is 0.273. The van der Waals surface area contributed by atoms with Crippen LogP contribution in [0, 0.1) is 6.92 Å². The summed E-state index contributed by atoms with van der Waals surface area (Å²) in [6.45, 7) is 3.15. The third-order valence-corrected chi connectivity index (χ3v) is 5.13. The van der Waals surface area contributed by atoms with E-state index in [4.69, 9.17) is 9.47 Å². The van der Waals surface area contributed by atoms with Crippen molar-refractivity contribution in [1.82, 2.24) is 9.88 Å². The molecule has 0 fully saturated rings. The molecule has 1 aliphatic heterocycles. The molecule has 0 atom stereocenters. The molecule has 1 aromatic heterocycles. The van der Waals surface area contributed by atoms with E-state index in [2.05, 4.69) is 4.98 Å². The number of amides is 1. The van der Waals surface area contributed by atoms with E-state index in [0.717, 1.165) is 34.1 Å². The van der Waals surface area contributed by atoms with Crippen molar-refractivity contribution >= 4 is 22.8 Å². The highest BCUT2D eigenvalue weighted by Crippen LogP contribution is 2.29. The van der Waals surface area contributed by atoms with Crippen molar-refractivity contribution < 1.29 is 19.1 Å². The smallest absolute Gasteiger partial charge is 0.337 e. The Morgan fingerprint density at radius 2 is 1.93 bits per heavy atom. The zero-order valence-electron chi connectivity index (χ0n) is 16.0. The molecule has 1 N–H and O–H groups in total. The first kappa shape index (κ1) is 18.1. The number of ether oxygens (including phenoxy) is 2. The Labute approximate surface area is 163 Å². The summed E-state index contributed by atoms with van der Waals surface area (Å²) in [5.74, 6) is 0.267. The minimum Gasteiger partial charge on any atom is -0.484 e. The fourth-order valence-electron chi connectivity index (χ4n) is 3.54. The Morgan fingerprint density at radius 3 is 2.68 bits per heavy atom. The topological polar surface area (TPSA) is 71.6 Å². The quantitative estimate of drug-likeness (QED) is 0.708. The number of hydrogen-bond acceptors (Lipinski definition) is 4. The number of nitrogens with zero attached hydrogens (tertiary/aromatic N) is 1. The first-order valence-corrected chi connectivity index (χ1v) is 9.24. The Hall–Kier alpha value is -3.28. The van der Waals surface area contributed by atoms with Crippen molar-refractivity contribution in [3.8, 4) is 5.75 Å². The van der Waals surface area contributed by atoms with E-state index in [1.807, 2.05) is 43.3 Å². The van der Waals surface area contributed by atoms with Crippen LogP contribution < -0.4 is 4.74 Å². The summed E-state index contributed by atoms with van der Waals surface area (Å²) < 4.78 is 10.5. The fourth-order valence-corrected chi connectivity index (χ4v) is 3.54. The molecule has 0 saturated carbocycles. The molecule has 1 amide bonds. The van der Waals surface area contributed by atoms with E-state index in [1.165, 1.54) is 7.11 Å². The van der Waals surface area contributed by atoms with Gasteiger partial charge in [-0.05, 0) is 37.3 Å². The number of aromatic nitrogens is 1. The molecule has 2 aromatic carbocycles. The number of H-pyrrole nitrogens is 1. The maximum atomic E-state index is 12.6. The third-order valence-electron chi connectivity index (χ3n) is 5.13. The predicted molar refractivity (Wildman–Crippen MR) is 105 cm³/mol. The summed E-state index contributed by atoms with van der Waals surface area (Å²) in [6.07, 6.45) is 0.744. The Morgan fingerprint density at radius 1 is 1.14 bits per heavy atom. The van der Waals surface area contributed by atoms with Crippen molar-refractivity contribution in [3.05, 3.63) is 64.8 Å². The third kappa shape index (κ3) is 3.45. The van der Waals surface area contributed by atoms with Crippen molar-refractivity contribution in [2.24, 2.45) is 0 Å². The monoisotopic (exact) mass is 378 g/mol. The van der Waals surface area contributed by atoms with Gasteiger partial charge in [-0.25, -0.2) is 4.79 Å². The van der Waals surface area contributed by atoms with Crippen LogP contribution in [-0.2, 0) is 22.5 Å². The van der Waals surface area contributed by atoms with E-state index >= 15 is 0 Å². The summed E-state index contributed by atoms with van der Waals surface area (Å²) in [7, 11) is 1.37. The highest BCUT2D eigenvalue weighted by Gasteiger charge is 2.24. The minimum atomic E-state index is -0.368. The second kappa shape index (κ2) is 7.38. The first-order valence-electron chi connectivity index (χ1n) is 9.24. The van der Waals surface area contributed by atoms with Gasteiger partial charge in [-0.1, -0.05) is 17.7 Å². The number of benzene rings is 2. The van der Waals surface area contributed by atoms with Gasteiger partial charge in [0, 0.05) is 41.7 Å². The number of carbonyl (C=O) groups is 2. The number of aryl methyl sites for hydroxylation is 1. The van der Waals surface area contributed by atoms with Crippen molar-refractivity contribution in [2.45, 2.75) is 19.9 Å². The van der Waals surface area contributed by atoms with Gasteiger partial charge in [-0.3, -0.25) is 4.79 Å². The number of aromatic amines is 1. The number of rotatable bonds is 4. The van der Waals surface area contributed by atoms with Crippen LogP contribution in [0.1, 0.15) is 27.2 Å². The van der Waals surface area contributed by atoms with Crippen LogP contribution >= 0.6 is 0 Å². The molecule has 0 spiro atoms. The van der Waals surface area contributed by atoms with E-state index in [-0.39, 0.29) is 18.5 Å². The normalized spacial score (nSPS) is 13.3. The van der Waals surface area contributed by atoms with Gasteiger partial charge < -0.3 is 19.4 Å². The highest BCUT2D eigenvalue weighted by molar-refractivity contribution is 5.96. The lowest BCUT2D eigenvalue weighted by atomic mass is 10.0. The van der Waals surface area contributed by atoms with Crippen molar-refractivity contribution in [1.29, 1.82) is 0 Å². The van der Waals surface area contributed by atoms with E-state index in [0.29, 0.717) is 24.4 Å². The van der Waals surface area contributed by atoms with Crippen LogP contribution in [0.3, 0.4) is 0 Å². The summed E-state index contributed by atoms with van der Waals surface area (Å²) in [6, 6.07) is 13.1. The van der Waals surface area contributed by atoms with Crippen molar-refractivity contribution in [2.75, 3.05) is 20.3 Å². The predicted octanol–water partition coefficient (Wildman–Crippen LogP) is 3.23. The molecule has 3 aromatic rings. The molecular formula is C22H22N2O4. The van der Waals surface area contributed by atoms with Gasteiger partial charge in [-0.2, -0.15) is 0 Å². The average Bonchev–Trinajstić information content (AvgIpc) is 3.09. The summed E-state index contributed by atoms with van der Waals surface area (Å²) in [5, 5.41) is 0.954. The first-order chi connectivity index (χ1) is 13.5. The molecule has 0 aliphatic carbocycles. The van der Waals surface area contributed by atoms with Crippen LogP contribution in [0.15, 0.2) is 42.5 Å². The molecule has 0 radical (unpaired) electrons. The lowest BCUT2D eigenvalue weighted by Gasteiger charge is -2.27. The molecular weight excluding hydrogens is 356 g/mol. The van der Waals surface area contributed by atoms with Gasteiger partial charge >= 0.3 is 5.97 Å². The van der Waals surface area contributed by atoms with Gasteiger partial charge in [0.25, 0.3) is 5.91 Å². The van der Waals surface area contributed by atoms with E-state index in [1.54, 1.807) is 11.0 Å². The Balaban J connectivity index is 1.50. The molecule has 2 heterocycles. The molecule has 6 nitrogen and oxygen atoms in total. The van der Waals surface area contributed by atoms with Crippen LogP contribution in [-0.4, -0.2) is 42.0 Å². The molecule has 6 heteroatoms. The number of carbonyl (C=O) groups excluding carboxylic acids is 2. The number of nitrogens with one attached hydrogen (secondary N) is 1. The van der Waals surface area contributed by atoms with Crippen molar-refractivity contribution in [3.63, 3.8) is 0 Å². The largest absolute Gasteiger partial charge is 0.484 e.